The molecule has 1 aromatic carbocycles. The maximum absolute atomic E-state index is 5.90. The van der Waals surface area contributed by atoms with Gasteiger partial charge < -0.3 is 24.4 Å². The van der Waals surface area contributed by atoms with Crippen LogP contribution in [-0.2, 0) is 11.3 Å². The van der Waals surface area contributed by atoms with Crippen LogP contribution in [0.15, 0.2) is 79.3 Å². The summed E-state index contributed by atoms with van der Waals surface area (Å²) < 4.78 is 7.87. The van der Waals surface area contributed by atoms with E-state index in [-0.39, 0.29) is 12.1 Å². The monoisotopic (exact) mass is 524 g/mol. The Kier molecular flexibility index (Phi) is 6.82. The van der Waals surface area contributed by atoms with Crippen molar-refractivity contribution in [2.75, 3.05) is 31.2 Å². The number of pyridine rings is 2. The van der Waals surface area contributed by atoms with Crippen LogP contribution < -0.4 is 10.2 Å². The largest absolute Gasteiger partial charge is 0.378 e. The summed E-state index contributed by atoms with van der Waals surface area (Å²) in [5, 5.41) is 4.32. The Hall–Kier alpha value is -3.75. The highest BCUT2D eigenvalue weighted by atomic mass is 32.1. The summed E-state index contributed by atoms with van der Waals surface area (Å²) in [7, 11) is 0. The lowest BCUT2D eigenvalue weighted by Gasteiger charge is -2.29. The van der Waals surface area contributed by atoms with Crippen LogP contribution in [0.5, 0.6) is 0 Å². The molecular formula is C30H32N6OS. The fraction of sp³-hybridized carbons (Fsp3) is 0.300. The smallest absolute Gasteiger partial charge is 0.170 e. The molecule has 2 atom stereocenters. The lowest BCUT2D eigenvalue weighted by Crippen LogP contribution is -2.36. The molecule has 0 aliphatic carbocycles. The molecule has 2 aliphatic rings. The van der Waals surface area contributed by atoms with Crippen molar-refractivity contribution < 1.29 is 4.74 Å². The highest BCUT2D eigenvalue weighted by molar-refractivity contribution is 7.80. The van der Waals surface area contributed by atoms with Gasteiger partial charge in [-0.25, -0.2) is 0 Å². The van der Waals surface area contributed by atoms with Gasteiger partial charge in [0.25, 0.3) is 0 Å². The number of morpholine rings is 1. The van der Waals surface area contributed by atoms with Gasteiger partial charge in [-0.15, -0.1) is 0 Å². The minimum atomic E-state index is -0.0526. The number of anilines is 1. The van der Waals surface area contributed by atoms with E-state index in [0.29, 0.717) is 6.54 Å². The van der Waals surface area contributed by atoms with Crippen LogP contribution in [0.3, 0.4) is 0 Å². The zero-order chi connectivity index (χ0) is 26.1. The molecule has 2 fully saturated rings. The standard InChI is InChI=1S/C30H32N6OS/c1-21-19-26(22(2)36(21)25-8-6-24(7-9-25)34-15-17-37-18-16-34)29-28(27-5-3-4-12-32-27)33-30(38)35(29)20-23-10-13-31-14-11-23/h3-14,19,28-29H,15-18,20H2,1-2H3,(H,33,38)/t28-,29-/m0/s1. The Morgan fingerprint density at radius 1 is 0.947 bits per heavy atom. The van der Waals surface area contributed by atoms with E-state index in [1.807, 2.05) is 42.9 Å². The van der Waals surface area contributed by atoms with Crippen molar-refractivity contribution in [3.8, 4) is 5.69 Å². The fourth-order valence-electron chi connectivity index (χ4n) is 5.72. The van der Waals surface area contributed by atoms with Gasteiger partial charge in [0, 0.05) is 61.0 Å². The second-order valence-corrected chi connectivity index (χ2v) is 10.3. The molecule has 0 radical (unpaired) electrons. The predicted molar refractivity (Wildman–Crippen MR) is 154 cm³/mol. The Morgan fingerprint density at radius 3 is 2.39 bits per heavy atom. The summed E-state index contributed by atoms with van der Waals surface area (Å²) in [4.78, 5) is 13.6. The summed E-state index contributed by atoms with van der Waals surface area (Å²) in [6.07, 6.45) is 5.51. The molecule has 194 valence electrons. The summed E-state index contributed by atoms with van der Waals surface area (Å²) in [6, 6.07) is 21.3. The molecule has 5 heterocycles. The number of rotatable bonds is 6. The average molecular weight is 525 g/mol. The van der Waals surface area contributed by atoms with Crippen LogP contribution >= 0.6 is 12.2 Å². The van der Waals surface area contributed by atoms with Gasteiger partial charge in [0.05, 0.1) is 31.0 Å². The number of aryl methyl sites for hydroxylation is 1. The second kappa shape index (κ2) is 10.6. The summed E-state index contributed by atoms with van der Waals surface area (Å²) in [6.45, 7) is 8.51. The van der Waals surface area contributed by atoms with Gasteiger partial charge in [-0.05, 0) is 91.8 Å². The van der Waals surface area contributed by atoms with E-state index in [1.54, 1.807) is 0 Å². The van der Waals surface area contributed by atoms with Crippen molar-refractivity contribution in [2.45, 2.75) is 32.5 Å². The van der Waals surface area contributed by atoms with Crippen LogP contribution in [0, 0.1) is 13.8 Å². The first-order chi connectivity index (χ1) is 18.6. The molecule has 1 N–H and O–H groups in total. The molecule has 4 aromatic rings. The topological polar surface area (TPSA) is 58.5 Å². The van der Waals surface area contributed by atoms with Crippen LogP contribution in [-0.4, -0.2) is 50.9 Å². The van der Waals surface area contributed by atoms with Gasteiger partial charge in [-0.3, -0.25) is 9.97 Å². The van der Waals surface area contributed by atoms with Crippen molar-refractivity contribution in [3.63, 3.8) is 0 Å². The maximum atomic E-state index is 5.90. The van der Waals surface area contributed by atoms with Crippen molar-refractivity contribution in [1.29, 1.82) is 0 Å². The number of hydrogen-bond acceptors (Lipinski definition) is 5. The number of aromatic nitrogens is 3. The first-order valence-electron chi connectivity index (χ1n) is 13.1. The van der Waals surface area contributed by atoms with E-state index in [4.69, 9.17) is 21.9 Å². The van der Waals surface area contributed by atoms with Crippen molar-refractivity contribution >= 4 is 23.0 Å². The fourth-order valence-corrected chi connectivity index (χ4v) is 6.02. The molecule has 0 bridgehead atoms. The van der Waals surface area contributed by atoms with Gasteiger partial charge in [0.15, 0.2) is 5.11 Å². The number of thiocarbonyl (C=S) groups is 1. The molecule has 2 saturated heterocycles. The van der Waals surface area contributed by atoms with Crippen molar-refractivity contribution in [1.82, 2.24) is 24.8 Å². The number of nitrogens with zero attached hydrogens (tertiary/aromatic N) is 5. The van der Waals surface area contributed by atoms with Crippen LogP contribution in [0.1, 0.15) is 40.3 Å². The summed E-state index contributed by atoms with van der Waals surface area (Å²) >= 11 is 5.90. The van der Waals surface area contributed by atoms with Gasteiger partial charge in [-0.1, -0.05) is 6.07 Å². The van der Waals surface area contributed by atoms with Crippen molar-refractivity contribution in [3.05, 3.63) is 107 Å². The van der Waals surface area contributed by atoms with Crippen LogP contribution in [0.4, 0.5) is 5.69 Å². The Morgan fingerprint density at radius 2 is 1.68 bits per heavy atom. The number of ether oxygens (including phenoxy) is 1. The zero-order valence-electron chi connectivity index (χ0n) is 21.7. The minimum absolute atomic E-state index is 0.00172. The molecule has 7 nitrogen and oxygen atoms in total. The van der Waals surface area contributed by atoms with Gasteiger partial charge in [0.1, 0.15) is 0 Å². The molecule has 0 amide bonds. The third kappa shape index (κ3) is 4.66. The highest BCUT2D eigenvalue weighted by Crippen LogP contribution is 2.42. The molecule has 0 spiro atoms. The Balaban J connectivity index is 1.38. The van der Waals surface area contributed by atoms with E-state index in [9.17, 15) is 0 Å². The van der Waals surface area contributed by atoms with E-state index in [1.165, 1.54) is 28.2 Å². The zero-order valence-corrected chi connectivity index (χ0v) is 22.6. The molecule has 3 aromatic heterocycles. The SMILES string of the molecule is Cc1cc([C@H]2[C@H](c3ccccn3)NC(=S)N2Cc2ccncc2)c(C)n1-c1ccc(N2CCOCC2)cc1. The average Bonchev–Trinajstić information content (AvgIpc) is 3.44. The number of nitrogens with one attached hydrogen (secondary N) is 1. The van der Waals surface area contributed by atoms with Crippen LogP contribution in [0.25, 0.3) is 5.69 Å². The van der Waals surface area contributed by atoms with E-state index < -0.39 is 0 Å². The molecule has 8 heteroatoms. The number of benzene rings is 1. The molecule has 2 aliphatic heterocycles. The predicted octanol–water partition coefficient (Wildman–Crippen LogP) is 4.89. The molecule has 38 heavy (non-hydrogen) atoms. The minimum Gasteiger partial charge on any atom is -0.378 e. The lowest BCUT2D eigenvalue weighted by molar-refractivity contribution is 0.122. The molecule has 0 saturated carbocycles. The van der Waals surface area contributed by atoms with E-state index in [0.717, 1.165) is 42.8 Å². The van der Waals surface area contributed by atoms with Gasteiger partial charge in [-0.2, -0.15) is 0 Å². The van der Waals surface area contributed by atoms with Gasteiger partial charge in [0.2, 0.25) is 0 Å². The summed E-state index contributed by atoms with van der Waals surface area (Å²) in [5.74, 6) is 0. The first-order valence-corrected chi connectivity index (χ1v) is 13.5. The van der Waals surface area contributed by atoms with Crippen LogP contribution in [0.2, 0.25) is 0 Å². The van der Waals surface area contributed by atoms with Gasteiger partial charge >= 0.3 is 0 Å². The molecule has 0 unspecified atom stereocenters. The molecular weight excluding hydrogens is 492 g/mol. The third-order valence-corrected chi connectivity index (χ3v) is 7.93. The van der Waals surface area contributed by atoms with Crippen molar-refractivity contribution in [2.24, 2.45) is 0 Å². The highest BCUT2D eigenvalue weighted by Gasteiger charge is 2.41. The second-order valence-electron chi connectivity index (χ2n) is 9.89. The molecule has 6 rings (SSSR count). The quantitative estimate of drug-likeness (QED) is 0.360. The normalized spacial score (nSPS) is 19.6. The Bertz CT molecular complexity index is 1400. The van der Waals surface area contributed by atoms with E-state index in [2.05, 4.69) is 74.9 Å². The summed E-state index contributed by atoms with van der Waals surface area (Å²) in [5.41, 5.74) is 8.20. The lowest BCUT2D eigenvalue weighted by atomic mass is 9.96. The third-order valence-electron chi connectivity index (χ3n) is 7.57. The van der Waals surface area contributed by atoms with E-state index >= 15 is 0 Å². The first kappa shape index (κ1) is 24.6. The maximum Gasteiger partial charge on any atom is 0.170 e. The Labute approximate surface area is 229 Å². The number of hydrogen-bond donors (Lipinski definition) is 1.